The second-order valence-corrected chi connectivity index (χ2v) is 7.74. The average Bonchev–Trinajstić information content (AvgIpc) is 2.33. The molecule has 0 fully saturated rings. The van der Waals surface area contributed by atoms with E-state index in [0.717, 1.165) is 14.9 Å². The van der Waals surface area contributed by atoms with Crippen LogP contribution in [0.3, 0.4) is 0 Å². The summed E-state index contributed by atoms with van der Waals surface area (Å²) in [6.07, 6.45) is -0.729. The lowest BCUT2D eigenvalue weighted by Crippen LogP contribution is -2.44. The third-order valence-corrected chi connectivity index (χ3v) is 4.29. The number of amides is 1. The monoisotopic (exact) mass is 389 g/mol. The smallest absolute Gasteiger partial charge is 0.408 e. The third-order valence-electron chi connectivity index (χ3n) is 2.53. The van der Waals surface area contributed by atoms with Crippen LogP contribution in [0.25, 0.3) is 0 Å². The molecule has 1 aromatic rings. The minimum Gasteiger partial charge on any atom is -0.480 e. The summed E-state index contributed by atoms with van der Waals surface area (Å²) < 4.78 is 6.05. The van der Waals surface area contributed by atoms with Crippen molar-refractivity contribution in [1.29, 1.82) is 0 Å². The molecule has 0 heterocycles. The Morgan fingerprint density at radius 2 is 2.05 bits per heavy atom. The van der Waals surface area contributed by atoms with Gasteiger partial charge in [-0.25, -0.2) is 9.59 Å². The van der Waals surface area contributed by atoms with Gasteiger partial charge in [0.15, 0.2) is 0 Å². The van der Waals surface area contributed by atoms with Gasteiger partial charge in [-0.15, -0.1) is 11.8 Å². The SMILES string of the molecule is Cc1cc(Br)ccc1SCC(NC(=O)OC(C)(C)C)C(=O)O. The minimum absolute atomic E-state index is 0.219. The Labute approximate surface area is 142 Å². The molecule has 1 rings (SSSR count). The van der Waals surface area contributed by atoms with Crippen molar-refractivity contribution in [3.05, 3.63) is 28.2 Å². The molecule has 0 aliphatic carbocycles. The molecule has 0 saturated carbocycles. The normalized spacial score (nSPS) is 12.6. The fourth-order valence-electron chi connectivity index (χ4n) is 1.57. The number of carboxylic acids is 1. The molecule has 1 aromatic carbocycles. The molecule has 0 saturated heterocycles. The highest BCUT2D eigenvalue weighted by molar-refractivity contribution is 9.10. The number of nitrogens with one attached hydrogen (secondary N) is 1. The first-order valence-corrected chi connectivity index (χ1v) is 8.47. The van der Waals surface area contributed by atoms with Crippen LogP contribution in [0.2, 0.25) is 0 Å². The van der Waals surface area contributed by atoms with Gasteiger partial charge in [-0.2, -0.15) is 0 Å². The molecule has 122 valence electrons. The number of aryl methyl sites for hydroxylation is 1. The quantitative estimate of drug-likeness (QED) is 0.748. The van der Waals surface area contributed by atoms with Crippen molar-refractivity contribution in [2.75, 3.05) is 5.75 Å². The van der Waals surface area contributed by atoms with E-state index in [4.69, 9.17) is 4.74 Å². The Balaban J connectivity index is 2.65. The lowest BCUT2D eigenvalue weighted by atomic mass is 10.2. The van der Waals surface area contributed by atoms with Crippen molar-refractivity contribution in [3.8, 4) is 0 Å². The zero-order valence-corrected chi connectivity index (χ0v) is 15.4. The van der Waals surface area contributed by atoms with E-state index in [1.54, 1.807) is 20.8 Å². The Kier molecular flexibility index (Phi) is 6.74. The van der Waals surface area contributed by atoms with Crippen molar-refractivity contribution < 1.29 is 19.4 Å². The maximum Gasteiger partial charge on any atom is 0.408 e. The number of ether oxygens (including phenoxy) is 1. The lowest BCUT2D eigenvalue weighted by Gasteiger charge is -2.22. The van der Waals surface area contributed by atoms with Gasteiger partial charge in [0.1, 0.15) is 11.6 Å². The highest BCUT2D eigenvalue weighted by Gasteiger charge is 2.24. The van der Waals surface area contributed by atoms with Crippen molar-refractivity contribution in [2.45, 2.75) is 44.2 Å². The summed E-state index contributed by atoms with van der Waals surface area (Å²) in [6.45, 7) is 7.12. The Hall–Kier alpha value is -1.21. The molecule has 1 atom stereocenters. The number of carboxylic acid groups (broad SMARTS) is 1. The second kappa shape index (κ2) is 7.87. The van der Waals surface area contributed by atoms with Crippen LogP contribution in [0.1, 0.15) is 26.3 Å². The molecule has 0 aromatic heterocycles. The molecular formula is C15H20BrNO4S. The summed E-state index contributed by atoms with van der Waals surface area (Å²) in [5.74, 6) is -0.870. The summed E-state index contributed by atoms with van der Waals surface area (Å²) in [6, 6.07) is 4.75. The van der Waals surface area contributed by atoms with Crippen LogP contribution in [0.4, 0.5) is 4.79 Å². The number of carbonyl (C=O) groups excluding carboxylic acids is 1. The van der Waals surface area contributed by atoms with E-state index in [1.165, 1.54) is 11.8 Å². The Morgan fingerprint density at radius 3 is 2.55 bits per heavy atom. The largest absolute Gasteiger partial charge is 0.480 e. The number of thioether (sulfide) groups is 1. The molecule has 7 heteroatoms. The summed E-state index contributed by atoms with van der Waals surface area (Å²) in [7, 11) is 0. The van der Waals surface area contributed by atoms with E-state index in [2.05, 4.69) is 21.2 Å². The molecule has 22 heavy (non-hydrogen) atoms. The number of alkyl carbamates (subject to hydrolysis) is 1. The maximum absolute atomic E-state index is 11.7. The van der Waals surface area contributed by atoms with E-state index in [1.807, 2.05) is 25.1 Å². The number of benzene rings is 1. The van der Waals surface area contributed by atoms with Gasteiger partial charge in [-0.05, 0) is 51.5 Å². The van der Waals surface area contributed by atoms with Gasteiger partial charge in [0.05, 0.1) is 0 Å². The highest BCUT2D eigenvalue weighted by Crippen LogP contribution is 2.26. The zero-order valence-electron chi connectivity index (χ0n) is 13.0. The van der Waals surface area contributed by atoms with Crippen molar-refractivity contribution in [3.63, 3.8) is 0 Å². The van der Waals surface area contributed by atoms with Crippen LogP contribution >= 0.6 is 27.7 Å². The summed E-state index contributed by atoms with van der Waals surface area (Å²) in [4.78, 5) is 23.9. The van der Waals surface area contributed by atoms with Gasteiger partial charge in [-0.3, -0.25) is 0 Å². The van der Waals surface area contributed by atoms with Gasteiger partial charge in [0.25, 0.3) is 0 Å². The first-order chi connectivity index (χ1) is 10.1. The molecule has 0 aliphatic rings. The first-order valence-electron chi connectivity index (χ1n) is 6.70. The fourth-order valence-corrected chi connectivity index (χ4v) is 3.07. The number of aliphatic carboxylic acids is 1. The number of hydrogen-bond acceptors (Lipinski definition) is 4. The van der Waals surface area contributed by atoms with E-state index in [0.29, 0.717) is 0 Å². The minimum atomic E-state index is -1.09. The molecule has 0 aliphatic heterocycles. The highest BCUT2D eigenvalue weighted by atomic mass is 79.9. The van der Waals surface area contributed by atoms with Crippen molar-refractivity contribution in [1.82, 2.24) is 5.32 Å². The van der Waals surface area contributed by atoms with Gasteiger partial charge >= 0.3 is 12.1 Å². The molecule has 2 N–H and O–H groups in total. The van der Waals surface area contributed by atoms with Crippen LogP contribution < -0.4 is 5.32 Å². The van der Waals surface area contributed by atoms with Crippen LogP contribution in [0.15, 0.2) is 27.6 Å². The third kappa shape index (κ3) is 6.70. The molecule has 1 amide bonds. The van der Waals surface area contributed by atoms with E-state index >= 15 is 0 Å². The average molecular weight is 390 g/mol. The zero-order chi connectivity index (χ0) is 16.9. The topological polar surface area (TPSA) is 75.6 Å². The van der Waals surface area contributed by atoms with Crippen LogP contribution in [0, 0.1) is 6.92 Å². The fraction of sp³-hybridized carbons (Fsp3) is 0.467. The predicted molar refractivity (Wildman–Crippen MR) is 90.4 cm³/mol. The first kappa shape index (κ1) is 18.8. The van der Waals surface area contributed by atoms with Crippen molar-refractivity contribution >= 4 is 39.8 Å². The van der Waals surface area contributed by atoms with Crippen LogP contribution in [-0.4, -0.2) is 34.6 Å². The molecule has 0 bridgehead atoms. The number of rotatable bonds is 5. The van der Waals surface area contributed by atoms with E-state index in [9.17, 15) is 14.7 Å². The summed E-state index contributed by atoms with van der Waals surface area (Å²) in [5.41, 5.74) is 0.378. The number of halogens is 1. The van der Waals surface area contributed by atoms with Crippen LogP contribution in [0.5, 0.6) is 0 Å². The second-order valence-electron chi connectivity index (χ2n) is 5.76. The number of hydrogen-bond donors (Lipinski definition) is 2. The predicted octanol–water partition coefficient (Wildman–Crippen LogP) is 3.83. The van der Waals surface area contributed by atoms with Gasteiger partial charge in [-0.1, -0.05) is 15.9 Å². The van der Waals surface area contributed by atoms with E-state index in [-0.39, 0.29) is 5.75 Å². The lowest BCUT2D eigenvalue weighted by molar-refractivity contribution is -0.138. The maximum atomic E-state index is 11.7. The van der Waals surface area contributed by atoms with Gasteiger partial charge in [0, 0.05) is 15.1 Å². The molecule has 5 nitrogen and oxygen atoms in total. The molecule has 0 radical (unpaired) electrons. The van der Waals surface area contributed by atoms with E-state index < -0.39 is 23.7 Å². The molecular weight excluding hydrogens is 370 g/mol. The Bertz CT molecular complexity index is 557. The van der Waals surface area contributed by atoms with Crippen LogP contribution in [-0.2, 0) is 9.53 Å². The molecule has 1 unspecified atom stereocenters. The van der Waals surface area contributed by atoms with Gasteiger partial charge in [0.2, 0.25) is 0 Å². The molecule has 0 spiro atoms. The van der Waals surface area contributed by atoms with Gasteiger partial charge < -0.3 is 15.2 Å². The van der Waals surface area contributed by atoms with Crippen molar-refractivity contribution in [2.24, 2.45) is 0 Å². The standard InChI is InChI=1S/C15H20BrNO4S/c1-9-7-10(16)5-6-12(9)22-8-11(13(18)19)17-14(20)21-15(2,3)4/h5-7,11H,8H2,1-4H3,(H,17,20)(H,18,19). The Morgan fingerprint density at radius 1 is 1.41 bits per heavy atom. The summed E-state index contributed by atoms with van der Waals surface area (Å²) in [5, 5.41) is 11.6. The number of carbonyl (C=O) groups is 2. The summed E-state index contributed by atoms with van der Waals surface area (Å²) >= 11 is 4.76.